The van der Waals surface area contributed by atoms with Crippen LogP contribution in [0.15, 0.2) is 82.8 Å². The number of carbonyl (C=O) groups is 1. The Hall–Kier alpha value is -2.39. The Morgan fingerprint density at radius 2 is 1.66 bits per heavy atom. The molecular formula is C23H22ClN3O3S2. The van der Waals surface area contributed by atoms with Crippen molar-refractivity contribution in [1.82, 2.24) is 14.2 Å². The van der Waals surface area contributed by atoms with Crippen LogP contribution in [-0.2, 0) is 15.8 Å². The van der Waals surface area contributed by atoms with Crippen molar-refractivity contribution in [2.45, 2.75) is 15.5 Å². The summed E-state index contributed by atoms with van der Waals surface area (Å²) in [6.45, 7) is 1.23. The average molecular weight is 488 g/mol. The summed E-state index contributed by atoms with van der Waals surface area (Å²) in [4.78, 5) is 19.8. The molecule has 0 aliphatic carbocycles. The Bertz CT molecular complexity index is 1160. The molecule has 0 atom stereocenters. The maximum atomic E-state index is 12.9. The Morgan fingerprint density at radius 1 is 0.969 bits per heavy atom. The molecule has 32 heavy (non-hydrogen) atoms. The number of carbonyl (C=O) groups excluding carboxylic acids is 1. The van der Waals surface area contributed by atoms with Gasteiger partial charge in [0.05, 0.1) is 0 Å². The molecule has 0 radical (unpaired) electrons. The van der Waals surface area contributed by atoms with Crippen molar-refractivity contribution in [3.05, 3.63) is 89.2 Å². The highest BCUT2D eigenvalue weighted by Gasteiger charge is 2.30. The number of pyridine rings is 1. The zero-order chi connectivity index (χ0) is 22.6. The van der Waals surface area contributed by atoms with E-state index in [-0.39, 0.29) is 23.9 Å². The van der Waals surface area contributed by atoms with E-state index in [9.17, 15) is 13.2 Å². The third kappa shape index (κ3) is 5.32. The fraction of sp³-hybridized carbons (Fsp3) is 0.217. The maximum absolute atomic E-state index is 12.9. The highest BCUT2D eigenvalue weighted by atomic mass is 35.5. The molecule has 1 aromatic heterocycles. The minimum absolute atomic E-state index is 0.0830. The largest absolute Gasteiger partial charge is 0.336 e. The van der Waals surface area contributed by atoms with Crippen LogP contribution in [0.25, 0.3) is 0 Å². The van der Waals surface area contributed by atoms with Crippen LogP contribution in [0.5, 0.6) is 0 Å². The van der Waals surface area contributed by atoms with E-state index in [4.69, 9.17) is 11.6 Å². The normalized spacial score (nSPS) is 15.0. The number of benzene rings is 2. The highest BCUT2D eigenvalue weighted by Crippen LogP contribution is 2.25. The van der Waals surface area contributed by atoms with Crippen molar-refractivity contribution in [2.24, 2.45) is 0 Å². The Morgan fingerprint density at radius 3 is 2.28 bits per heavy atom. The summed E-state index contributed by atoms with van der Waals surface area (Å²) in [7, 11) is -3.59. The van der Waals surface area contributed by atoms with Gasteiger partial charge < -0.3 is 4.90 Å². The quantitative estimate of drug-likeness (QED) is 0.488. The predicted octanol–water partition coefficient (Wildman–Crippen LogP) is 4.17. The molecule has 0 spiro atoms. The average Bonchev–Trinajstić information content (AvgIpc) is 2.84. The van der Waals surface area contributed by atoms with Crippen LogP contribution in [0.3, 0.4) is 0 Å². The molecule has 2 heterocycles. The highest BCUT2D eigenvalue weighted by molar-refractivity contribution is 7.98. The van der Waals surface area contributed by atoms with Gasteiger partial charge in [-0.3, -0.25) is 9.78 Å². The summed E-state index contributed by atoms with van der Waals surface area (Å²) in [6, 6.07) is 18.4. The zero-order valence-corrected chi connectivity index (χ0v) is 19.6. The standard InChI is InChI=1S/C23H22ClN3O3S2/c24-20-7-9-21(10-8-20)31-17-18-3-5-19(6-4-18)23(28)26-12-14-27(15-13-26)32(29,30)22-2-1-11-25-16-22/h1-11,16H,12-15,17H2. The van der Waals surface area contributed by atoms with Crippen molar-refractivity contribution < 1.29 is 13.2 Å². The molecule has 1 fully saturated rings. The first-order chi connectivity index (χ1) is 15.4. The SMILES string of the molecule is O=C(c1ccc(CSc2ccc(Cl)cc2)cc1)N1CCN(S(=O)(=O)c2cccnc2)CC1. The van der Waals surface area contributed by atoms with E-state index in [0.29, 0.717) is 23.7 Å². The number of piperazine rings is 1. The molecule has 1 saturated heterocycles. The minimum Gasteiger partial charge on any atom is -0.336 e. The lowest BCUT2D eigenvalue weighted by Crippen LogP contribution is -2.50. The third-order valence-electron chi connectivity index (χ3n) is 5.22. The molecule has 1 aliphatic heterocycles. The fourth-order valence-electron chi connectivity index (χ4n) is 3.40. The molecule has 9 heteroatoms. The van der Waals surface area contributed by atoms with Gasteiger partial charge in [0.25, 0.3) is 5.91 Å². The molecule has 6 nitrogen and oxygen atoms in total. The van der Waals surface area contributed by atoms with Gasteiger partial charge in [0, 0.05) is 59.8 Å². The lowest BCUT2D eigenvalue weighted by atomic mass is 10.1. The first-order valence-electron chi connectivity index (χ1n) is 10.1. The molecule has 0 unspecified atom stereocenters. The van der Waals surface area contributed by atoms with E-state index in [1.807, 2.05) is 48.5 Å². The number of hydrogen-bond donors (Lipinski definition) is 0. The third-order valence-corrected chi connectivity index (χ3v) is 8.44. The van der Waals surface area contributed by atoms with Crippen LogP contribution >= 0.6 is 23.4 Å². The molecule has 0 N–H and O–H groups in total. The zero-order valence-electron chi connectivity index (χ0n) is 17.2. The van der Waals surface area contributed by atoms with Crippen LogP contribution in [0.4, 0.5) is 0 Å². The Balaban J connectivity index is 1.32. The van der Waals surface area contributed by atoms with Crippen molar-refractivity contribution in [2.75, 3.05) is 26.2 Å². The van der Waals surface area contributed by atoms with Crippen LogP contribution in [0.2, 0.25) is 5.02 Å². The molecule has 1 amide bonds. The lowest BCUT2D eigenvalue weighted by molar-refractivity contribution is 0.0698. The first-order valence-corrected chi connectivity index (χ1v) is 12.9. The molecule has 1 aliphatic rings. The van der Waals surface area contributed by atoms with E-state index in [2.05, 4.69) is 4.98 Å². The fourth-order valence-corrected chi connectivity index (χ4v) is 5.77. The van der Waals surface area contributed by atoms with Gasteiger partial charge in [-0.15, -0.1) is 11.8 Å². The van der Waals surface area contributed by atoms with Gasteiger partial charge in [-0.1, -0.05) is 23.7 Å². The topological polar surface area (TPSA) is 70.6 Å². The number of hydrogen-bond acceptors (Lipinski definition) is 5. The number of sulfonamides is 1. The number of nitrogens with zero attached hydrogens (tertiary/aromatic N) is 3. The number of aromatic nitrogens is 1. The van der Waals surface area contributed by atoms with Gasteiger partial charge in [-0.05, 0) is 54.1 Å². The van der Waals surface area contributed by atoms with Gasteiger partial charge in [-0.2, -0.15) is 4.31 Å². The van der Waals surface area contributed by atoms with Crippen molar-refractivity contribution in [3.63, 3.8) is 0 Å². The summed E-state index contributed by atoms with van der Waals surface area (Å²) in [5.74, 6) is 0.710. The number of thioether (sulfide) groups is 1. The summed E-state index contributed by atoms with van der Waals surface area (Å²) in [6.07, 6.45) is 2.89. The smallest absolute Gasteiger partial charge is 0.253 e. The molecule has 166 valence electrons. The molecule has 2 aromatic carbocycles. The first kappa shape index (κ1) is 22.8. The molecule has 0 bridgehead atoms. The minimum atomic E-state index is -3.59. The molecule has 3 aromatic rings. The van der Waals surface area contributed by atoms with Crippen LogP contribution in [0, 0.1) is 0 Å². The van der Waals surface area contributed by atoms with E-state index >= 15 is 0 Å². The Labute approximate surface area is 197 Å². The van der Waals surface area contributed by atoms with E-state index in [0.717, 1.165) is 16.2 Å². The Kier molecular flexibility index (Phi) is 7.15. The number of rotatable bonds is 6. The molecular weight excluding hydrogens is 466 g/mol. The van der Waals surface area contributed by atoms with Crippen molar-refractivity contribution in [3.8, 4) is 0 Å². The summed E-state index contributed by atoms with van der Waals surface area (Å²) in [5.41, 5.74) is 1.72. The van der Waals surface area contributed by atoms with Gasteiger partial charge in [0.1, 0.15) is 4.90 Å². The second-order valence-electron chi connectivity index (χ2n) is 7.32. The number of amides is 1. The molecule has 4 rings (SSSR count). The van der Waals surface area contributed by atoms with Crippen molar-refractivity contribution in [1.29, 1.82) is 0 Å². The second-order valence-corrected chi connectivity index (χ2v) is 10.7. The monoisotopic (exact) mass is 487 g/mol. The van der Waals surface area contributed by atoms with Gasteiger partial charge in [0.2, 0.25) is 10.0 Å². The van der Waals surface area contributed by atoms with Gasteiger partial charge >= 0.3 is 0 Å². The molecule has 0 saturated carbocycles. The van der Waals surface area contributed by atoms with Gasteiger partial charge in [-0.25, -0.2) is 8.42 Å². The maximum Gasteiger partial charge on any atom is 0.253 e. The summed E-state index contributed by atoms with van der Waals surface area (Å²) < 4.78 is 26.9. The van der Waals surface area contributed by atoms with Crippen molar-refractivity contribution >= 4 is 39.3 Å². The van der Waals surface area contributed by atoms with Crippen LogP contribution in [0.1, 0.15) is 15.9 Å². The van der Waals surface area contributed by atoms with E-state index < -0.39 is 10.0 Å². The van der Waals surface area contributed by atoms with Gasteiger partial charge in [0.15, 0.2) is 0 Å². The summed E-state index contributed by atoms with van der Waals surface area (Å²) in [5, 5.41) is 0.715. The lowest BCUT2D eigenvalue weighted by Gasteiger charge is -2.34. The summed E-state index contributed by atoms with van der Waals surface area (Å²) >= 11 is 7.62. The predicted molar refractivity (Wildman–Crippen MR) is 126 cm³/mol. The van der Waals surface area contributed by atoms with E-state index in [1.54, 1.807) is 22.7 Å². The second kappa shape index (κ2) is 10.0. The number of halogens is 1. The van der Waals surface area contributed by atoms with Crippen LogP contribution < -0.4 is 0 Å². The van der Waals surface area contributed by atoms with E-state index in [1.165, 1.54) is 22.8 Å². The van der Waals surface area contributed by atoms with Crippen LogP contribution in [-0.4, -0.2) is 54.7 Å².